The van der Waals surface area contributed by atoms with Crippen LogP contribution in [0.25, 0.3) is 38.8 Å². The third-order valence-corrected chi connectivity index (χ3v) is 6.06. The first-order valence-electron chi connectivity index (χ1n) is 9.60. The van der Waals surface area contributed by atoms with Crippen molar-refractivity contribution in [1.29, 1.82) is 0 Å². The van der Waals surface area contributed by atoms with E-state index < -0.39 is 0 Å². The van der Waals surface area contributed by atoms with Gasteiger partial charge in [0.05, 0.1) is 5.56 Å². The fourth-order valence-corrected chi connectivity index (χ4v) is 4.34. The quantitative estimate of drug-likeness (QED) is 0.335. The maximum Gasteiger partial charge on any atom is 0.220 e. The minimum absolute atomic E-state index is 1.08. The topological polar surface area (TPSA) is 22.9 Å². The molecule has 142 valence electrons. The van der Waals surface area contributed by atoms with Crippen molar-refractivity contribution in [1.82, 2.24) is 4.98 Å². The van der Waals surface area contributed by atoms with Gasteiger partial charge in [-0.05, 0) is 46.3 Å². The number of anilines is 1. The Labute approximate surface area is 178 Å². The van der Waals surface area contributed by atoms with E-state index in [4.69, 9.17) is 0 Å². The second-order valence-corrected chi connectivity index (χ2v) is 8.27. The van der Waals surface area contributed by atoms with E-state index in [0.717, 1.165) is 32.5 Å². The highest BCUT2D eigenvalue weighted by Crippen LogP contribution is 2.31. The number of fused-ring (bicyclic) bond motifs is 3. The van der Waals surface area contributed by atoms with Crippen LogP contribution in [0.15, 0.2) is 89.5 Å². The molecule has 0 aliphatic rings. The Morgan fingerprint density at radius 3 is 2.28 bits per heavy atom. The van der Waals surface area contributed by atoms with Crippen molar-refractivity contribution in [2.24, 2.45) is 0 Å². The molecule has 1 N–H and O–H groups in total. The molecule has 2 heterocycles. The van der Waals surface area contributed by atoms with E-state index in [9.17, 15) is 0 Å². The van der Waals surface area contributed by atoms with E-state index in [1.807, 2.05) is 6.07 Å². The summed E-state index contributed by atoms with van der Waals surface area (Å²) in [6.45, 7) is 0. The second kappa shape index (κ2) is 7.05. The van der Waals surface area contributed by atoms with Crippen LogP contribution in [0.4, 0.5) is 5.69 Å². The van der Waals surface area contributed by atoms with Crippen LogP contribution in [0, 0.1) is 0 Å². The van der Waals surface area contributed by atoms with E-state index in [0.29, 0.717) is 0 Å². The number of hydrogen-bond donors (Lipinski definition) is 1. The summed E-state index contributed by atoms with van der Waals surface area (Å²) in [6.07, 6.45) is 2.20. The zero-order chi connectivity index (χ0) is 20.0. The first-order valence-corrected chi connectivity index (χ1v) is 10.4. The average Bonchev–Trinajstić information content (AvgIpc) is 3.11. The van der Waals surface area contributed by atoms with E-state index in [-0.39, 0.29) is 0 Å². The first kappa shape index (κ1) is 18.0. The highest BCUT2D eigenvalue weighted by Gasteiger charge is 2.21. The molecule has 0 radical (unpaired) electrons. The van der Waals surface area contributed by atoms with Gasteiger partial charge in [-0.15, -0.1) is 0 Å². The fraction of sp³-hybridized carbons (Fsp3) is 0.0800. The van der Waals surface area contributed by atoms with Gasteiger partial charge in [0, 0.05) is 58.7 Å². The normalized spacial score (nSPS) is 11.3. The molecule has 0 aliphatic heterocycles. The summed E-state index contributed by atoms with van der Waals surface area (Å²) in [5, 5.41) is 2.47. The molecule has 29 heavy (non-hydrogen) atoms. The number of aromatic nitrogens is 2. The molecule has 0 fully saturated rings. The van der Waals surface area contributed by atoms with Crippen LogP contribution in [-0.2, 0) is 0 Å². The minimum Gasteiger partial charge on any atom is -0.378 e. The largest absolute Gasteiger partial charge is 0.378 e. The van der Waals surface area contributed by atoms with Crippen LogP contribution < -0.4 is 9.47 Å². The molecular weight excluding hydrogens is 422 g/mol. The smallest absolute Gasteiger partial charge is 0.220 e. The molecule has 0 saturated heterocycles. The Hall–Kier alpha value is -3.11. The SMILES string of the molecule is CN(C)c1ccc(-[n+]2cc3[nH]c4ccccc4c3cc2-c2ccccc2Br)cc1. The molecule has 0 saturated carbocycles. The predicted octanol–water partition coefficient (Wildman–Crippen LogP) is 6.09. The number of pyridine rings is 1. The van der Waals surface area contributed by atoms with E-state index in [1.54, 1.807) is 0 Å². The molecule has 0 atom stereocenters. The molecule has 5 rings (SSSR count). The lowest BCUT2D eigenvalue weighted by Crippen LogP contribution is -2.33. The number of nitrogens with one attached hydrogen (secondary N) is 1. The van der Waals surface area contributed by atoms with Crippen LogP contribution in [0.2, 0.25) is 0 Å². The van der Waals surface area contributed by atoms with Crippen molar-refractivity contribution in [3.63, 3.8) is 0 Å². The van der Waals surface area contributed by atoms with Crippen molar-refractivity contribution >= 4 is 43.4 Å². The molecule has 3 nitrogen and oxygen atoms in total. The molecule has 0 amide bonds. The fourth-order valence-electron chi connectivity index (χ4n) is 3.85. The average molecular weight is 443 g/mol. The zero-order valence-corrected chi connectivity index (χ0v) is 17.9. The highest BCUT2D eigenvalue weighted by atomic mass is 79.9. The summed E-state index contributed by atoms with van der Waals surface area (Å²) in [7, 11) is 4.12. The van der Waals surface area contributed by atoms with E-state index in [1.165, 1.54) is 16.5 Å². The standard InChI is InChI=1S/C25H20BrN3/c1-28(2)17-11-13-18(14-12-17)29-16-24-21(19-7-4-6-10-23(19)27-24)15-25(29)20-8-3-5-9-22(20)26/h3-16H,1-2H3/p+1. The predicted molar refractivity (Wildman–Crippen MR) is 125 cm³/mol. The summed E-state index contributed by atoms with van der Waals surface area (Å²) in [4.78, 5) is 5.69. The zero-order valence-electron chi connectivity index (χ0n) is 16.4. The van der Waals surface area contributed by atoms with Gasteiger partial charge in [0.2, 0.25) is 11.4 Å². The van der Waals surface area contributed by atoms with Crippen LogP contribution in [0.3, 0.4) is 0 Å². The summed E-state index contributed by atoms with van der Waals surface area (Å²) < 4.78 is 3.34. The monoisotopic (exact) mass is 442 g/mol. The molecule has 0 aliphatic carbocycles. The maximum atomic E-state index is 3.75. The summed E-state index contributed by atoms with van der Waals surface area (Å²) in [6, 6.07) is 27.8. The van der Waals surface area contributed by atoms with Gasteiger partial charge in [-0.25, -0.2) is 0 Å². The van der Waals surface area contributed by atoms with Crippen molar-refractivity contribution < 1.29 is 4.57 Å². The van der Waals surface area contributed by atoms with Gasteiger partial charge in [-0.3, -0.25) is 0 Å². The number of hydrogen-bond acceptors (Lipinski definition) is 1. The molecule has 2 aromatic heterocycles. The number of H-pyrrole nitrogens is 1. The molecule has 0 spiro atoms. The van der Waals surface area contributed by atoms with Gasteiger partial charge in [0.1, 0.15) is 5.52 Å². The number of para-hydroxylation sites is 1. The van der Waals surface area contributed by atoms with E-state index in [2.05, 4.69) is 123 Å². The maximum absolute atomic E-state index is 3.75. The Morgan fingerprint density at radius 2 is 1.52 bits per heavy atom. The summed E-state index contributed by atoms with van der Waals surface area (Å²) in [5.41, 5.74) is 6.90. The molecule has 0 unspecified atom stereocenters. The van der Waals surface area contributed by atoms with Crippen molar-refractivity contribution in [2.45, 2.75) is 0 Å². The Kier molecular flexibility index (Phi) is 4.36. The molecule has 4 heteroatoms. The van der Waals surface area contributed by atoms with Crippen LogP contribution in [-0.4, -0.2) is 19.1 Å². The Balaban J connectivity index is 1.82. The van der Waals surface area contributed by atoms with Gasteiger partial charge in [0.25, 0.3) is 0 Å². The van der Waals surface area contributed by atoms with Crippen LogP contribution in [0.1, 0.15) is 0 Å². The van der Waals surface area contributed by atoms with Gasteiger partial charge in [0.15, 0.2) is 6.20 Å². The molecule has 5 aromatic rings. The summed E-state index contributed by atoms with van der Waals surface area (Å²) >= 11 is 3.75. The number of aromatic amines is 1. The number of nitrogens with zero attached hydrogens (tertiary/aromatic N) is 2. The van der Waals surface area contributed by atoms with Crippen LogP contribution in [0.5, 0.6) is 0 Å². The number of halogens is 1. The summed E-state index contributed by atoms with van der Waals surface area (Å²) in [5.74, 6) is 0. The molecule has 0 bridgehead atoms. The second-order valence-electron chi connectivity index (χ2n) is 7.42. The number of rotatable bonds is 3. The Bertz CT molecular complexity index is 1330. The van der Waals surface area contributed by atoms with Crippen LogP contribution >= 0.6 is 15.9 Å². The number of benzene rings is 3. The van der Waals surface area contributed by atoms with Gasteiger partial charge < -0.3 is 9.88 Å². The van der Waals surface area contributed by atoms with Gasteiger partial charge in [-0.2, -0.15) is 4.57 Å². The van der Waals surface area contributed by atoms with Gasteiger partial charge >= 0.3 is 0 Å². The molecule has 3 aromatic carbocycles. The van der Waals surface area contributed by atoms with Crippen molar-refractivity contribution in [3.05, 3.63) is 89.5 Å². The van der Waals surface area contributed by atoms with Crippen molar-refractivity contribution in [3.8, 4) is 16.9 Å². The van der Waals surface area contributed by atoms with Gasteiger partial charge in [-0.1, -0.05) is 30.3 Å². The lowest BCUT2D eigenvalue weighted by molar-refractivity contribution is -0.582. The lowest BCUT2D eigenvalue weighted by atomic mass is 10.1. The third-order valence-electron chi connectivity index (χ3n) is 5.37. The van der Waals surface area contributed by atoms with Crippen molar-refractivity contribution in [2.75, 3.05) is 19.0 Å². The molecular formula is C25H21BrN3+. The highest BCUT2D eigenvalue weighted by molar-refractivity contribution is 9.10. The Morgan fingerprint density at radius 1 is 0.793 bits per heavy atom. The third kappa shape index (κ3) is 3.10. The minimum atomic E-state index is 1.08. The van der Waals surface area contributed by atoms with E-state index >= 15 is 0 Å². The lowest BCUT2D eigenvalue weighted by Gasteiger charge is -2.12. The first-order chi connectivity index (χ1) is 14.1.